The third-order valence-electron chi connectivity index (χ3n) is 2.27. The zero-order valence-electron chi connectivity index (χ0n) is 9.68. The van der Waals surface area contributed by atoms with Crippen molar-refractivity contribution >= 4 is 39.1 Å². The van der Waals surface area contributed by atoms with E-state index in [2.05, 4.69) is 0 Å². The first-order valence-corrected chi connectivity index (χ1v) is 8.11. The largest absolute Gasteiger partial charge is 0.398 e. The fourth-order valence-electron chi connectivity index (χ4n) is 1.24. The molecule has 7 heteroatoms. The Bertz CT molecular complexity index is 491. The Morgan fingerprint density at radius 1 is 1.47 bits per heavy atom. The predicted octanol–water partition coefficient (Wildman–Crippen LogP) is 1.91. The van der Waals surface area contributed by atoms with Crippen molar-refractivity contribution < 1.29 is 8.42 Å². The van der Waals surface area contributed by atoms with Crippen LogP contribution in [0.15, 0.2) is 23.1 Å². The molecule has 0 fully saturated rings. The molecule has 0 aliphatic carbocycles. The van der Waals surface area contributed by atoms with E-state index < -0.39 is 10.0 Å². The molecule has 0 unspecified atom stereocenters. The Morgan fingerprint density at radius 3 is 2.71 bits per heavy atom. The maximum atomic E-state index is 12.2. The maximum absolute atomic E-state index is 12.2. The maximum Gasteiger partial charge on any atom is 0.244 e. The number of nitrogen functional groups attached to an aromatic ring is 1. The van der Waals surface area contributed by atoms with E-state index in [1.807, 2.05) is 6.26 Å². The van der Waals surface area contributed by atoms with Crippen molar-refractivity contribution in [2.45, 2.75) is 4.90 Å². The Morgan fingerprint density at radius 2 is 2.12 bits per heavy atom. The number of hydrogen-bond donors (Lipinski definition) is 1. The number of hydrogen-bond acceptors (Lipinski definition) is 4. The molecule has 96 valence electrons. The van der Waals surface area contributed by atoms with Crippen LogP contribution in [-0.2, 0) is 10.0 Å². The molecule has 0 radical (unpaired) electrons. The molecule has 0 bridgehead atoms. The van der Waals surface area contributed by atoms with Crippen LogP contribution in [0.4, 0.5) is 5.69 Å². The summed E-state index contributed by atoms with van der Waals surface area (Å²) in [6.45, 7) is 0.440. The molecule has 17 heavy (non-hydrogen) atoms. The number of anilines is 1. The van der Waals surface area contributed by atoms with Gasteiger partial charge in [0.05, 0.1) is 5.69 Å². The molecule has 1 rings (SSSR count). The summed E-state index contributed by atoms with van der Waals surface area (Å²) in [7, 11) is -2.02. The van der Waals surface area contributed by atoms with Gasteiger partial charge in [-0.2, -0.15) is 11.8 Å². The first kappa shape index (κ1) is 14.6. The molecule has 0 spiro atoms. The lowest BCUT2D eigenvalue weighted by Gasteiger charge is -2.17. The number of nitrogens with zero attached hydrogens (tertiary/aromatic N) is 1. The normalized spacial score (nSPS) is 12.0. The smallest absolute Gasteiger partial charge is 0.244 e. The van der Waals surface area contributed by atoms with E-state index in [4.69, 9.17) is 17.3 Å². The van der Waals surface area contributed by atoms with E-state index in [-0.39, 0.29) is 10.6 Å². The highest BCUT2D eigenvalue weighted by Crippen LogP contribution is 2.25. The third-order valence-corrected chi connectivity index (χ3v) is 5.01. The lowest BCUT2D eigenvalue weighted by Crippen LogP contribution is -2.29. The van der Waals surface area contributed by atoms with Gasteiger partial charge in [0.15, 0.2) is 0 Å². The molecule has 1 aromatic rings. The number of rotatable bonds is 5. The van der Waals surface area contributed by atoms with Gasteiger partial charge in [0, 0.05) is 24.4 Å². The summed E-state index contributed by atoms with van der Waals surface area (Å²) < 4.78 is 25.7. The fourth-order valence-corrected chi connectivity index (χ4v) is 3.36. The van der Waals surface area contributed by atoms with Crippen LogP contribution in [0.5, 0.6) is 0 Å². The predicted molar refractivity (Wildman–Crippen MR) is 74.1 cm³/mol. The molecule has 0 atom stereocenters. The molecule has 0 saturated heterocycles. The van der Waals surface area contributed by atoms with Crippen LogP contribution in [0.25, 0.3) is 0 Å². The van der Waals surface area contributed by atoms with Crippen LogP contribution in [0.2, 0.25) is 5.02 Å². The second-order valence-corrected chi connectivity index (χ2v) is 6.94. The molecule has 0 saturated carbocycles. The zero-order valence-corrected chi connectivity index (χ0v) is 12.1. The topological polar surface area (TPSA) is 63.4 Å². The van der Waals surface area contributed by atoms with E-state index in [0.29, 0.717) is 11.6 Å². The van der Waals surface area contributed by atoms with Gasteiger partial charge < -0.3 is 5.73 Å². The van der Waals surface area contributed by atoms with E-state index >= 15 is 0 Å². The van der Waals surface area contributed by atoms with Crippen molar-refractivity contribution in [1.29, 1.82) is 0 Å². The van der Waals surface area contributed by atoms with Gasteiger partial charge in [-0.25, -0.2) is 12.7 Å². The molecular weight excluding hydrogens is 280 g/mol. The molecule has 0 aromatic heterocycles. The number of nitrogens with two attached hydrogens (primary N) is 1. The summed E-state index contributed by atoms with van der Waals surface area (Å²) in [4.78, 5) is 0.0635. The summed E-state index contributed by atoms with van der Waals surface area (Å²) in [5.74, 6) is 0.732. The van der Waals surface area contributed by atoms with Crippen molar-refractivity contribution in [3.63, 3.8) is 0 Å². The molecule has 2 N–H and O–H groups in total. The van der Waals surface area contributed by atoms with Crippen LogP contribution >= 0.6 is 23.4 Å². The van der Waals surface area contributed by atoms with Gasteiger partial charge in [0.1, 0.15) is 4.90 Å². The molecule has 0 aliphatic rings. The average molecular weight is 295 g/mol. The number of sulfonamides is 1. The lowest BCUT2D eigenvalue weighted by atomic mass is 10.3. The van der Waals surface area contributed by atoms with Crippen LogP contribution < -0.4 is 5.73 Å². The first-order valence-electron chi connectivity index (χ1n) is 4.90. The Kier molecular flexibility index (Phi) is 5.12. The highest BCUT2D eigenvalue weighted by molar-refractivity contribution is 7.98. The molecule has 1 aromatic carbocycles. The summed E-state index contributed by atoms with van der Waals surface area (Å²) in [6, 6.07) is 4.44. The minimum Gasteiger partial charge on any atom is -0.398 e. The van der Waals surface area contributed by atoms with Gasteiger partial charge in [-0.3, -0.25) is 0 Å². The monoisotopic (exact) mass is 294 g/mol. The SMILES string of the molecule is CSCCN(C)S(=O)(=O)c1cc(Cl)ccc1N. The lowest BCUT2D eigenvalue weighted by molar-refractivity contribution is 0.489. The van der Waals surface area contributed by atoms with Crippen molar-refractivity contribution in [3.05, 3.63) is 23.2 Å². The Labute approximate surface area is 111 Å². The molecular formula is C10H15ClN2O2S2. The van der Waals surface area contributed by atoms with E-state index in [1.54, 1.807) is 17.8 Å². The minimum atomic E-state index is -3.55. The highest BCUT2D eigenvalue weighted by Gasteiger charge is 2.23. The number of benzene rings is 1. The standard InChI is InChI=1S/C10H15ClN2O2S2/c1-13(5-6-16-2)17(14,15)10-7-8(11)3-4-9(10)12/h3-4,7H,5-6,12H2,1-2H3. The Hall–Kier alpha value is -0.430. The van der Waals surface area contributed by atoms with Crippen molar-refractivity contribution in [2.75, 3.05) is 31.3 Å². The molecule has 0 amide bonds. The zero-order chi connectivity index (χ0) is 13.1. The number of thioether (sulfide) groups is 1. The van der Waals surface area contributed by atoms with Gasteiger partial charge in [-0.1, -0.05) is 11.6 Å². The van der Waals surface area contributed by atoms with Gasteiger partial charge in [-0.15, -0.1) is 0 Å². The molecule has 4 nitrogen and oxygen atoms in total. The highest BCUT2D eigenvalue weighted by atomic mass is 35.5. The van der Waals surface area contributed by atoms with Crippen molar-refractivity contribution in [1.82, 2.24) is 4.31 Å². The summed E-state index contributed by atoms with van der Waals surface area (Å²) in [5, 5.41) is 0.357. The summed E-state index contributed by atoms with van der Waals surface area (Å²) >= 11 is 7.37. The van der Waals surface area contributed by atoms with Crippen LogP contribution in [0, 0.1) is 0 Å². The molecule has 0 heterocycles. The van der Waals surface area contributed by atoms with Crippen LogP contribution in [-0.4, -0.2) is 38.3 Å². The van der Waals surface area contributed by atoms with E-state index in [1.165, 1.54) is 23.5 Å². The third kappa shape index (κ3) is 3.51. The Balaban J connectivity index is 3.08. The van der Waals surface area contributed by atoms with Crippen LogP contribution in [0.1, 0.15) is 0 Å². The van der Waals surface area contributed by atoms with Gasteiger partial charge in [0.25, 0.3) is 0 Å². The molecule has 0 aliphatic heterocycles. The van der Waals surface area contributed by atoms with Crippen molar-refractivity contribution in [2.24, 2.45) is 0 Å². The first-order chi connectivity index (χ1) is 7.89. The quantitative estimate of drug-likeness (QED) is 0.843. The minimum absolute atomic E-state index is 0.0635. The average Bonchev–Trinajstić information content (AvgIpc) is 2.28. The van der Waals surface area contributed by atoms with E-state index in [9.17, 15) is 8.42 Å². The van der Waals surface area contributed by atoms with Gasteiger partial charge in [-0.05, 0) is 24.5 Å². The summed E-state index contributed by atoms with van der Waals surface area (Å²) in [6.07, 6.45) is 1.92. The second-order valence-electron chi connectivity index (χ2n) is 3.50. The van der Waals surface area contributed by atoms with E-state index in [0.717, 1.165) is 5.75 Å². The van der Waals surface area contributed by atoms with Gasteiger partial charge >= 0.3 is 0 Å². The van der Waals surface area contributed by atoms with Gasteiger partial charge in [0.2, 0.25) is 10.0 Å². The number of halogens is 1. The summed E-state index contributed by atoms with van der Waals surface area (Å²) in [5.41, 5.74) is 5.89. The van der Waals surface area contributed by atoms with Crippen molar-refractivity contribution in [3.8, 4) is 0 Å². The van der Waals surface area contributed by atoms with Crippen LogP contribution in [0.3, 0.4) is 0 Å². The second kappa shape index (κ2) is 5.95. The fraction of sp³-hybridized carbons (Fsp3) is 0.400.